The van der Waals surface area contributed by atoms with Crippen LogP contribution in [0.25, 0.3) is 0 Å². The van der Waals surface area contributed by atoms with Gasteiger partial charge in [0, 0.05) is 12.7 Å². The van der Waals surface area contributed by atoms with Crippen molar-refractivity contribution in [1.29, 1.82) is 0 Å². The third-order valence-electron chi connectivity index (χ3n) is 2.73. The summed E-state index contributed by atoms with van der Waals surface area (Å²) in [5, 5.41) is 3.38. The second-order valence-corrected chi connectivity index (χ2v) is 3.69. The van der Waals surface area contributed by atoms with Gasteiger partial charge in [0.2, 0.25) is 0 Å². The molecule has 1 aliphatic heterocycles. The van der Waals surface area contributed by atoms with Crippen molar-refractivity contribution < 1.29 is 0 Å². The van der Waals surface area contributed by atoms with E-state index in [1.807, 2.05) is 6.92 Å². The maximum Gasteiger partial charge on any atom is 0.153 e. The summed E-state index contributed by atoms with van der Waals surface area (Å²) in [6, 6.07) is 2.16. The molecule has 1 atom stereocenters. The van der Waals surface area contributed by atoms with Gasteiger partial charge in [-0.05, 0) is 32.4 Å². The van der Waals surface area contributed by atoms with Crippen LogP contribution in [-0.4, -0.2) is 18.2 Å². The molecule has 0 aromatic carbocycles. The molecule has 1 aromatic heterocycles. The molecule has 0 saturated carbocycles. The Morgan fingerprint density at radius 1 is 1.46 bits per heavy atom. The van der Waals surface area contributed by atoms with Gasteiger partial charge in [0.15, 0.2) is 5.82 Å². The predicted octanol–water partition coefficient (Wildman–Crippen LogP) is 1.91. The van der Waals surface area contributed by atoms with E-state index >= 15 is 0 Å². The van der Waals surface area contributed by atoms with Crippen LogP contribution in [0.4, 0.5) is 11.5 Å². The molecule has 70 valence electrons. The van der Waals surface area contributed by atoms with Gasteiger partial charge in [-0.3, -0.25) is 0 Å². The summed E-state index contributed by atoms with van der Waals surface area (Å²) in [7, 11) is 2.06. The average molecular weight is 177 g/mol. The SMILES string of the molecule is Cc1cc2c(nc1C)N(C)C(C)N2. The lowest BCUT2D eigenvalue weighted by molar-refractivity contribution is 0.796. The highest BCUT2D eigenvalue weighted by molar-refractivity contribution is 5.72. The van der Waals surface area contributed by atoms with Gasteiger partial charge >= 0.3 is 0 Å². The van der Waals surface area contributed by atoms with Crippen LogP contribution in [0.5, 0.6) is 0 Å². The minimum Gasteiger partial charge on any atom is -0.362 e. The van der Waals surface area contributed by atoms with E-state index in [9.17, 15) is 0 Å². The molecule has 1 unspecified atom stereocenters. The van der Waals surface area contributed by atoms with Gasteiger partial charge in [-0.1, -0.05) is 0 Å². The van der Waals surface area contributed by atoms with E-state index in [1.54, 1.807) is 0 Å². The first-order valence-corrected chi connectivity index (χ1v) is 4.57. The van der Waals surface area contributed by atoms with Crippen molar-refractivity contribution in [2.24, 2.45) is 0 Å². The quantitative estimate of drug-likeness (QED) is 0.656. The molecule has 3 heteroatoms. The molecular formula is C10H15N3. The normalized spacial score (nSPS) is 20.0. The van der Waals surface area contributed by atoms with E-state index < -0.39 is 0 Å². The molecule has 0 aliphatic carbocycles. The second-order valence-electron chi connectivity index (χ2n) is 3.69. The van der Waals surface area contributed by atoms with E-state index in [0.29, 0.717) is 6.17 Å². The van der Waals surface area contributed by atoms with Crippen molar-refractivity contribution in [2.75, 3.05) is 17.3 Å². The summed E-state index contributed by atoms with van der Waals surface area (Å²) in [5.41, 5.74) is 3.51. The third kappa shape index (κ3) is 1.15. The fourth-order valence-corrected chi connectivity index (χ4v) is 1.57. The predicted molar refractivity (Wildman–Crippen MR) is 55.2 cm³/mol. The lowest BCUT2D eigenvalue weighted by Crippen LogP contribution is -2.28. The molecular weight excluding hydrogens is 162 g/mol. The second kappa shape index (κ2) is 2.62. The Bertz CT molecular complexity index is 346. The molecule has 1 aliphatic rings. The number of hydrogen-bond donors (Lipinski definition) is 1. The number of aryl methyl sites for hydroxylation is 2. The molecule has 2 heterocycles. The van der Waals surface area contributed by atoms with Crippen molar-refractivity contribution in [3.8, 4) is 0 Å². The fraction of sp³-hybridized carbons (Fsp3) is 0.500. The van der Waals surface area contributed by atoms with Crippen LogP contribution >= 0.6 is 0 Å². The van der Waals surface area contributed by atoms with Crippen molar-refractivity contribution in [2.45, 2.75) is 26.9 Å². The molecule has 0 spiro atoms. The first kappa shape index (κ1) is 8.35. The number of pyridine rings is 1. The number of hydrogen-bond acceptors (Lipinski definition) is 3. The van der Waals surface area contributed by atoms with Crippen LogP contribution in [0.3, 0.4) is 0 Å². The van der Waals surface area contributed by atoms with Crippen LogP contribution in [0, 0.1) is 13.8 Å². The fourth-order valence-electron chi connectivity index (χ4n) is 1.57. The van der Waals surface area contributed by atoms with Crippen molar-refractivity contribution in [3.63, 3.8) is 0 Å². The molecule has 1 N–H and O–H groups in total. The van der Waals surface area contributed by atoms with E-state index in [2.05, 4.69) is 42.2 Å². The van der Waals surface area contributed by atoms with Crippen LogP contribution in [-0.2, 0) is 0 Å². The number of aromatic nitrogens is 1. The number of anilines is 2. The van der Waals surface area contributed by atoms with Gasteiger partial charge < -0.3 is 10.2 Å². The molecule has 2 rings (SSSR count). The summed E-state index contributed by atoms with van der Waals surface area (Å²) in [6.07, 6.45) is 0.351. The van der Waals surface area contributed by atoms with Gasteiger partial charge in [-0.2, -0.15) is 0 Å². The van der Waals surface area contributed by atoms with Crippen molar-refractivity contribution >= 4 is 11.5 Å². The van der Waals surface area contributed by atoms with Crippen LogP contribution in [0.1, 0.15) is 18.2 Å². The highest BCUT2D eigenvalue weighted by Crippen LogP contribution is 2.32. The summed E-state index contributed by atoms with van der Waals surface area (Å²) in [6.45, 7) is 6.27. The Kier molecular flexibility index (Phi) is 1.68. The number of nitrogens with one attached hydrogen (secondary N) is 1. The first-order valence-electron chi connectivity index (χ1n) is 4.57. The molecule has 0 amide bonds. The maximum absolute atomic E-state index is 4.55. The Morgan fingerprint density at radius 3 is 2.85 bits per heavy atom. The van der Waals surface area contributed by atoms with E-state index in [0.717, 1.165) is 17.2 Å². The van der Waals surface area contributed by atoms with Crippen molar-refractivity contribution in [1.82, 2.24) is 4.98 Å². The largest absolute Gasteiger partial charge is 0.362 e. The number of rotatable bonds is 0. The standard InChI is InChI=1S/C10H15N3/c1-6-5-9-10(11-7(6)2)13(4)8(3)12-9/h5,8,12H,1-4H3. The Balaban J connectivity index is 2.53. The monoisotopic (exact) mass is 177 g/mol. The molecule has 0 radical (unpaired) electrons. The Hall–Kier alpha value is -1.25. The summed E-state index contributed by atoms with van der Waals surface area (Å²) < 4.78 is 0. The van der Waals surface area contributed by atoms with E-state index in [1.165, 1.54) is 5.56 Å². The van der Waals surface area contributed by atoms with Gasteiger partial charge in [0.1, 0.15) is 0 Å². The molecule has 1 aromatic rings. The number of fused-ring (bicyclic) bond motifs is 1. The summed E-state index contributed by atoms with van der Waals surface area (Å²) in [5.74, 6) is 1.07. The van der Waals surface area contributed by atoms with Gasteiger partial charge in [-0.15, -0.1) is 0 Å². The van der Waals surface area contributed by atoms with Crippen LogP contribution in [0.15, 0.2) is 6.07 Å². The topological polar surface area (TPSA) is 28.2 Å². The third-order valence-corrected chi connectivity index (χ3v) is 2.73. The minimum absolute atomic E-state index is 0.351. The molecule has 0 bridgehead atoms. The smallest absolute Gasteiger partial charge is 0.153 e. The molecule has 13 heavy (non-hydrogen) atoms. The zero-order chi connectivity index (χ0) is 9.59. The van der Waals surface area contributed by atoms with Gasteiger partial charge in [0.25, 0.3) is 0 Å². The lowest BCUT2D eigenvalue weighted by atomic mass is 10.2. The first-order chi connectivity index (χ1) is 6.09. The highest BCUT2D eigenvalue weighted by atomic mass is 15.3. The number of nitrogens with zero attached hydrogens (tertiary/aromatic N) is 2. The Labute approximate surface area is 78.8 Å². The Morgan fingerprint density at radius 2 is 2.15 bits per heavy atom. The van der Waals surface area contributed by atoms with E-state index in [-0.39, 0.29) is 0 Å². The lowest BCUT2D eigenvalue weighted by Gasteiger charge is -2.16. The summed E-state index contributed by atoms with van der Waals surface area (Å²) >= 11 is 0. The molecule has 0 fully saturated rings. The van der Waals surface area contributed by atoms with E-state index in [4.69, 9.17) is 0 Å². The van der Waals surface area contributed by atoms with Crippen LogP contribution < -0.4 is 10.2 Å². The highest BCUT2D eigenvalue weighted by Gasteiger charge is 2.23. The average Bonchev–Trinajstić information content (AvgIpc) is 2.32. The minimum atomic E-state index is 0.351. The van der Waals surface area contributed by atoms with Gasteiger partial charge in [-0.25, -0.2) is 4.98 Å². The molecule has 0 saturated heterocycles. The van der Waals surface area contributed by atoms with Crippen LogP contribution in [0.2, 0.25) is 0 Å². The molecule has 3 nitrogen and oxygen atoms in total. The van der Waals surface area contributed by atoms with Crippen molar-refractivity contribution in [3.05, 3.63) is 17.3 Å². The maximum atomic E-state index is 4.55. The summed E-state index contributed by atoms with van der Waals surface area (Å²) in [4.78, 5) is 6.70. The zero-order valence-corrected chi connectivity index (χ0v) is 8.55. The zero-order valence-electron chi connectivity index (χ0n) is 8.55. The van der Waals surface area contributed by atoms with Gasteiger partial charge in [0.05, 0.1) is 11.9 Å².